The van der Waals surface area contributed by atoms with E-state index >= 15 is 0 Å². The number of benzene rings is 1. The molecule has 0 aliphatic heterocycles. The summed E-state index contributed by atoms with van der Waals surface area (Å²) in [4.78, 5) is 32.3. The second-order valence-corrected chi connectivity index (χ2v) is 8.59. The van der Waals surface area contributed by atoms with Crippen LogP contribution in [0.2, 0.25) is 0 Å². The van der Waals surface area contributed by atoms with Crippen LogP contribution in [0.3, 0.4) is 0 Å². The van der Waals surface area contributed by atoms with Crippen molar-refractivity contribution < 1.29 is 4.79 Å². The maximum atomic E-state index is 13.3. The van der Waals surface area contributed by atoms with Gasteiger partial charge in [-0.05, 0) is 17.2 Å². The van der Waals surface area contributed by atoms with Crippen LogP contribution in [-0.4, -0.2) is 49.2 Å². The lowest BCUT2D eigenvalue weighted by molar-refractivity contribution is -0.106. The van der Waals surface area contributed by atoms with Crippen molar-refractivity contribution in [1.29, 1.82) is 0 Å². The number of hydrogen-bond acceptors (Lipinski definition) is 7. The largest absolute Gasteiger partial charge is 0.394 e. The maximum Gasteiger partial charge on any atom is 0.291 e. The Labute approximate surface area is 191 Å². The summed E-state index contributed by atoms with van der Waals surface area (Å²) in [7, 11) is 3.62. The quantitative estimate of drug-likeness (QED) is 0.283. The van der Waals surface area contributed by atoms with Gasteiger partial charge in [0.25, 0.3) is 5.56 Å². The van der Waals surface area contributed by atoms with E-state index in [1.165, 1.54) is 22.2 Å². The standard InChI is InChI=1S/C22H20N8O2S/c1-23-7-13(8-24-12-31)6-18-27-21-20(33-18)16-10-26-30(22(32)19(16)29(21)2)11-14-4-3-5-17-15(14)9-25-28-17/h3-5,7-10,12,23H,6,11H2,1-2H3,(H,25,28)/b13-7-,24-8-. The van der Waals surface area contributed by atoms with Crippen molar-refractivity contribution in [2.75, 3.05) is 7.05 Å². The molecule has 166 valence electrons. The number of nitrogens with one attached hydrogen (secondary N) is 2. The van der Waals surface area contributed by atoms with Crippen LogP contribution in [0.1, 0.15) is 10.6 Å². The first-order chi connectivity index (χ1) is 16.1. The molecule has 4 aromatic heterocycles. The van der Waals surface area contributed by atoms with Gasteiger partial charge in [-0.2, -0.15) is 10.2 Å². The molecule has 5 aromatic rings. The molecule has 0 aliphatic carbocycles. The first-order valence-corrected chi connectivity index (χ1v) is 11.0. The van der Waals surface area contributed by atoms with Gasteiger partial charge in [0.1, 0.15) is 10.5 Å². The molecule has 0 saturated carbocycles. The fraction of sp³-hybridized carbons (Fsp3) is 0.182. The van der Waals surface area contributed by atoms with Crippen molar-refractivity contribution >= 4 is 56.1 Å². The van der Waals surface area contributed by atoms with Crippen molar-refractivity contribution in [3.63, 3.8) is 0 Å². The van der Waals surface area contributed by atoms with Crippen molar-refractivity contribution in [1.82, 2.24) is 34.8 Å². The molecule has 0 atom stereocenters. The Balaban J connectivity index is 1.54. The highest BCUT2D eigenvalue weighted by atomic mass is 32.1. The van der Waals surface area contributed by atoms with Gasteiger partial charge in [-0.25, -0.2) is 14.7 Å². The molecule has 0 aliphatic rings. The molecule has 10 nitrogen and oxygen atoms in total. The van der Waals surface area contributed by atoms with Crippen molar-refractivity contribution in [2.24, 2.45) is 12.0 Å². The number of aliphatic imine (C=N–C) groups is 1. The smallest absolute Gasteiger partial charge is 0.291 e. The Morgan fingerprint density at radius 3 is 3.00 bits per heavy atom. The monoisotopic (exact) mass is 460 g/mol. The number of aromatic nitrogens is 6. The summed E-state index contributed by atoms with van der Waals surface area (Å²) in [5.41, 5.74) is 3.83. The zero-order valence-electron chi connectivity index (χ0n) is 17.9. The second-order valence-electron chi connectivity index (χ2n) is 7.51. The zero-order valence-corrected chi connectivity index (χ0v) is 18.8. The molecule has 0 saturated heterocycles. The molecular formula is C22H20N8O2S. The van der Waals surface area contributed by atoms with E-state index in [1.54, 1.807) is 25.6 Å². The molecule has 2 N–H and O–H groups in total. The van der Waals surface area contributed by atoms with Crippen LogP contribution in [0.5, 0.6) is 0 Å². The van der Waals surface area contributed by atoms with E-state index < -0.39 is 0 Å². The number of H-pyrrole nitrogens is 1. The van der Waals surface area contributed by atoms with Crippen LogP contribution < -0.4 is 10.9 Å². The van der Waals surface area contributed by atoms with Crippen LogP contribution in [0, 0.1) is 0 Å². The lowest BCUT2D eigenvalue weighted by Crippen LogP contribution is -2.24. The number of carbonyl (C=O) groups is 1. The number of aryl methyl sites for hydroxylation is 1. The van der Waals surface area contributed by atoms with Gasteiger partial charge in [0.2, 0.25) is 6.41 Å². The van der Waals surface area contributed by atoms with E-state index in [1.807, 2.05) is 29.8 Å². The molecule has 0 spiro atoms. The number of thiazole rings is 1. The number of carbonyl (C=O) groups excluding carboxylic acids is 1. The number of fused-ring (bicyclic) bond motifs is 4. The molecule has 11 heteroatoms. The lowest BCUT2D eigenvalue weighted by Gasteiger charge is -2.07. The fourth-order valence-electron chi connectivity index (χ4n) is 3.97. The molecule has 33 heavy (non-hydrogen) atoms. The van der Waals surface area contributed by atoms with E-state index in [-0.39, 0.29) is 5.56 Å². The third kappa shape index (κ3) is 3.61. The topological polar surface area (TPSA) is 123 Å². The molecule has 1 aromatic carbocycles. The first kappa shape index (κ1) is 20.8. The highest BCUT2D eigenvalue weighted by molar-refractivity contribution is 7.19. The Kier molecular flexibility index (Phi) is 5.31. The second kappa shape index (κ2) is 8.43. The Bertz CT molecular complexity index is 1620. The van der Waals surface area contributed by atoms with Crippen molar-refractivity contribution in [2.45, 2.75) is 13.0 Å². The molecule has 1 amide bonds. The Morgan fingerprint density at radius 1 is 1.30 bits per heavy atom. The number of aromatic amines is 1. The van der Waals surface area contributed by atoms with Gasteiger partial charge in [0.05, 0.1) is 29.2 Å². The number of rotatable bonds is 7. The molecule has 0 radical (unpaired) electrons. The molecule has 0 bridgehead atoms. The molecule has 0 fully saturated rings. The van der Waals surface area contributed by atoms with Crippen LogP contribution in [-0.2, 0) is 24.8 Å². The Morgan fingerprint density at radius 2 is 2.18 bits per heavy atom. The average Bonchev–Trinajstić information content (AvgIpc) is 3.51. The summed E-state index contributed by atoms with van der Waals surface area (Å²) in [6, 6.07) is 5.85. The number of allylic oxidation sites excluding steroid dienone is 1. The van der Waals surface area contributed by atoms with Crippen molar-refractivity contribution in [3.8, 4) is 0 Å². The third-order valence-electron chi connectivity index (χ3n) is 5.45. The minimum atomic E-state index is -0.170. The van der Waals surface area contributed by atoms with E-state index in [0.717, 1.165) is 42.8 Å². The van der Waals surface area contributed by atoms with Gasteiger partial charge in [-0.15, -0.1) is 11.3 Å². The highest BCUT2D eigenvalue weighted by Crippen LogP contribution is 2.31. The molecule has 0 unspecified atom stereocenters. The Hall–Kier alpha value is -4.12. The van der Waals surface area contributed by atoms with Crippen LogP contribution in [0.25, 0.3) is 32.2 Å². The van der Waals surface area contributed by atoms with Crippen molar-refractivity contribution in [3.05, 3.63) is 63.3 Å². The average molecular weight is 461 g/mol. The lowest BCUT2D eigenvalue weighted by atomic mass is 10.1. The number of hydrogen-bond donors (Lipinski definition) is 2. The van der Waals surface area contributed by atoms with Crippen LogP contribution >= 0.6 is 11.3 Å². The minimum Gasteiger partial charge on any atom is -0.394 e. The minimum absolute atomic E-state index is 0.170. The SMILES string of the molecule is CN/C=C(\C=N/C=O)Cc1nc2c(s1)c1cnn(Cc3cccc4[nH]ncc34)c(=O)c1n2C. The van der Waals surface area contributed by atoms with Gasteiger partial charge < -0.3 is 9.88 Å². The number of nitrogens with zero attached hydrogens (tertiary/aromatic N) is 6. The van der Waals surface area contributed by atoms with E-state index in [4.69, 9.17) is 4.98 Å². The predicted molar refractivity (Wildman–Crippen MR) is 129 cm³/mol. The summed E-state index contributed by atoms with van der Waals surface area (Å²) < 4.78 is 4.20. The van der Waals surface area contributed by atoms with Gasteiger partial charge in [0.15, 0.2) is 5.65 Å². The van der Waals surface area contributed by atoms with E-state index in [9.17, 15) is 9.59 Å². The van der Waals surface area contributed by atoms with E-state index in [0.29, 0.717) is 24.9 Å². The van der Waals surface area contributed by atoms with Crippen LogP contribution in [0.15, 0.2) is 52.2 Å². The van der Waals surface area contributed by atoms with Gasteiger partial charge >= 0.3 is 0 Å². The fourth-order valence-corrected chi connectivity index (χ4v) is 5.11. The van der Waals surface area contributed by atoms with E-state index in [2.05, 4.69) is 25.6 Å². The van der Waals surface area contributed by atoms with Gasteiger partial charge in [0, 0.05) is 43.7 Å². The summed E-state index contributed by atoms with van der Waals surface area (Å²) in [5, 5.41) is 17.0. The predicted octanol–water partition coefficient (Wildman–Crippen LogP) is 2.14. The summed E-state index contributed by atoms with van der Waals surface area (Å²) >= 11 is 1.51. The summed E-state index contributed by atoms with van der Waals surface area (Å²) in [6.45, 7) is 0.345. The molecule has 4 heterocycles. The normalized spacial score (nSPS) is 12.5. The van der Waals surface area contributed by atoms with Crippen LogP contribution in [0.4, 0.5) is 0 Å². The number of amides is 1. The van der Waals surface area contributed by atoms with Gasteiger partial charge in [-0.3, -0.25) is 14.7 Å². The summed E-state index contributed by atoms with van der Waals surface area (Å²) in [5.74, 6) is 0. The molecule has 5 rings (SSSR count). The summed E-state index contributed by atoms with van der Waals surface area (Å²) in [6.07, 6.45) is 7.78. The first-order valence-electron chi connectivity index (χ1n) is 10.2. The van der Waals surface area contributed by atoms with Gasteiger partial charge in [-0.1, -0.05) is 12.1 Å². The maximum absolute atomic E-state index is 13.3. The third-order valence-corrected chi connectivity index (χ3v) is 6.53. The highest BCUT2D eigenvalue weighted by Gasteiger charge is 2.19. The molecular weight excluding hydrogens is 440 g/mol. The zero-order chi connectivity index (χ0) is 22.9.